The van der Waals surface area contributed by atoms with Gasteiger partial charge in [0, 0.05) is 6.07 Å². The van der Waals surface area contributed by atoms with Crippen LogP contribution in [-0.4, -0.2) is 23.6 Å². The van der Waals surface area contributed by atoms with Gasteiger partial charge in [-0.2, -0.15) is 0 Å². The zero-order valence-corrected chi connectivity index (χ0v) is 13.4. The van der Waals surface area contributed by atoms with Gasteiger partial charge < -0.3 is 9.26 Å². The largest absolute Gasteiger partial charge is 0.452 e. The number of carbonyl (C=O) groups excluding carboxylic acids is 2. The van der Waals surface area contributed by atoms with E-state index >= 15 is 0 Å². The molecule has 1 amide bonds. The molecule has 6 nitrogen and oxygen atoms in total. The van der Waals surface area contributed by atoms with Gasteiger partial charge in [0.1, 0.15) is 0 Å². The number of hydrogen-bond acceptors (Lipinski definition) is 5. The molecule has 0 spiro atoms. The third-order valence-electron chi connectivity index (χ3n) is 2.47. The minimum absolute atomic E-state index is 0.0366. The summed E-state index contributed by atoms with van der Waals surface area (Å²) in [5.41, 5.74) is 0.504. The van der Waals surface area contributed by atoms with E-state index in [9.17, 15) is 9.59 Å². The number of aromatic nitrogens is 1. The number of aryl methyl sites for hydroxylation is 1. The van der Waals surface area contributed by atoms with Gasteiger partial charge in [-0.05, 0) is 19.1 Å². The zero-order chi connectivity index (χ0) is 16.3. The summed E-state index contributed by atoms with van der Waals surface area (Å²) in [5.74, 6) is -1.31. The smallest absolute Gasteiger partial charge is 0.341 e. The molecule has 2 rings (SSSR count). The van der Waals surface area contributed by atoms with Crippen molar-refractivity contribution in [2.45, 2.75) is 6.92 Å². The lowest BCUT2D eigenvalue weighted by Crippen LogP contribution is -2.21. The second kappa shape index (κ2) is 7.00. The van der Waals surface area contributed by atoms with Crippen molar-refractivity contribution >= 4 is 52.6 Å². The van der Waals surface area contributed by atoms with Gasteiger partial charge in [0.05, 0.1) is 26.3 Å². The maximum absolute atomic E-state index is 11.9. The molecular weight excluding hydrogens is 355 g/mol. The number of hydrogen-bond donors (Lipinski definition) is 1. The lowest BCUT2D eigenvalue weighted by molar-refractivity contribution is -0.119. The van der Waals surface area contributed by atoms with Crippen LogP contribution in [0.3, 0.4) is 0 Å². The minimum Gasteiger partial charge on any atom is -0.452 e. The fourth-order valence-electron chi connectivity index (χ4n) is 1.51. The van der Waals surface area contributed by atoms with Gasteiger partial charge in [-0.3, -0.25) is 10.1 Å². The first-order valence-electron chi connectivity index (χ1n) is 5.92. The highest BCUT2D eigenvalue weighted by molar-refractivity contribution is 6.46. The Labute approximate surface area is 140 Å². The predicted molar refractivity (Wildman–Crippen MR) is 81.6 cm³/mol. The quantitative estimate of drug-likeness (QED) is 0.661. The second-order valence-electron chi connectivity index (χ2n) is 4.18. The molecule has 0 aliphatic rings. The van der Waals surface area contributed by atoms with Crippen LogP contribution in [0.2, 0.25) is 15.1 Å². The van der Waals surface area contributed by atoms with Crippen molar-refractivity contribution in [1.82, 2.24) is 5.16 Å². The number of nitrogens with one attached hydrogen (secondary N) is 1. The molecule has 0 unspecified atom stereocenters. The first kappa shape index (κ1) is 16.6. The number of anilines is 1. The van der Waals surface area contributed by atoms with Crippen LogP contribution in [0.5, 0.6) is 0 Å². The molecule has 1 heterocycles. The van der Waals surface area contributed by atoms with Crippen molar-refractivity contribution in [3.63, 3.8) is 0 Å². The molecule has 0 radical (unpaired) electrons. The molecule has 1 aromatic heterocycles. The summed E-state index contributed by atoms with van der Waals surface area (Å²) in [6.07, 6.45) is 0. The van der Waals surface area contributed by atoms with E-state index in [0.717, 1.165) is 0 Å². The Morgan fingerprint density at radius 3 is 2.59 bits per heavy atom. The van der Waals surface area contributed by atoms with E-state index in [2.05, 4.69) is 10.5 Å². The van der Waals surface area contributed by atoms with Gasteiger partial charge >= 0.3 is 5.97 Å². The van der Waals surface area contributed by atoms with E-state index < -0.39 is 18.5 Å². The summed E-state index contributed by atoms with van der Waals surface area (Å²) in [4.78, 5) is 23.6. The number of nitrogens with zero attached hydrogens (tertiary/aromatic N) is 1. The first-order valence-corrected chi connectivity index (χ1v) is 7.05. The average molecular weight is 364 g/mol. The number of halogens is 3. The number of amides is 1. The third kappa shape index (κ3) is 3.91. The van der Waals surface area contributed by atoms with E-state index in [1.54, 1.807) is 6.92 Å². The van der Waals surface area contributed by atoms with E-state index in [1.165, 1.54) is 18.2 Å². The van der Waals surface area contributed by atoms with Crippen LogP contribution in [0.25, 0.3) is 0 Å². The average Bonchev–Trinajstić information content (AvgIpc) is 2.86. The molecule has 0 bridgehead atoms. The van der Waals surface area contributed by atoms with Crippen LogP contribution in [0.4, 0.5) is 5.88 Å². The van der Waals surface area contributed by atoms with Crippen molar-refractivity contribution in [3.8, 4) is 0 Å². The monoisotopic (exact) mass is 362 g/mol. The third-order valence-corrected chi connectivity index (χ3v) is 3.59. The second-order valence-corrected chi connectivity index (χ2v) is 5.37. The van der Waals surface area contributed by atoms with Gasteiger partial charge in [-0.25, -0.2) is 4.79 Å². The van der Waals surface area contributed by atoms with E-state index in [0.29, 0.717) is 5.69 Å². The molecule has 0 fully saturated rings. The van der Waals surface area contributed by atoms with Crippen molar-refractivity contribution in [2.75, 3.05) is 11.9 Å². The molecule has 2 aromatic rings. The Hall–Kier alpha value is -1.76. The van der Waals surface area contributed by atoms with E-state index in [4.69, 9.17) is 44.1 Å². The van der Waals surface area contributed by atoms with Gasteiger partial charge in [-0.1, -0.05) is 40.0 Å². The number of ether oxygens (including phenoxy) is 1. The summed E-state index contributed by atoms with van der Waals surface area (Å²) in [7, 11) is 0. The summed E-state index contributed by atoms with van der Waals surface area (Å²) < 4.78 is 9.64. The summed E-state index contributed by atoms with van der Waals surface area (Å²) in [5, 5.41) is 6.16. The highest BCUT2D eigenvalue weighted by Crippen LogP contribution is 2.31. The summed E-state index contributed by atoms with van der Waals surface area (Å²) in [6, 6.07) is 4.37. The topological polar surface area (TPSA) is 81.4 Å². The van der Waals surface area contributed by atoms with Gasteiger partial charge in [-0.15, -0.1) is 0 Å². The molecule has 1 aromatic carbocycles. The Morgan fingerprint density at radius 2 is 1.95 bits per heavy atom. The Morgan fingerprint density at radius 1 is 1.27 bits per heavy atom. The SMILES string of the molecule is Cc1cc(NC(=O)COC(=O)c2c(Cl)ccc(Cl)c2Cl)on1. The fourth-order valence-corrected chi connectivity index (χ4v) is 2.20. The predicted octanol–water partition coefficient (Wildman–Crippen LogP) is 3.74. The maximum Gasteiger partial charge on any atom is 0.341 e. The number of rotatable bonds is 4. The maximum atomic E-state index is 11.9. The minimum atomic E-state index is -0.860. The molecule has 0 saturated heterocycles. The lowest BCUT2D eigenvalue weighted by Gasteiger charge is -2.08. The lowest BCUT2D eigenvalue weighted by atomic mass is 10.2. The Kier molecular flexibility index (Phi) is 5.28. The van der Waals surface area contributed by atoms with E-state index in [1.807, 2.05) is 0 Å². The molecule has 1 N–H and O–H groups in total. The number of benzene rings is 1. The van der Waals surface area contributed by atoms with Crippen molar-refractivity contribution < 1.29 is 18.8 Å². The molecule has 9 heteroatoms. The molecule has 116 valence electrons. The molecule has 0 aliphatic carbocycles. The Bertz CT molecular complexity index is 730. The fraction of sp³-hybridized carbons (Fsp3) is 0.154. The van der Waals surface area contributed by atoms with Gasteiger partial charge in [0.2, 0.25) is 5.88 Å². The standard InChI is InChI=1S/C13H9Cl3N2O4/c1-6-4-10(22-18-6)17-9(19)5-21-13(20)11-7(14)2-3-8(15)12(11)16/h2-4H,5H2,1H3,(H,17,19). The van der Waals surface area contributed by atoms with Crippen molar-refractivity contribution in [3.05, 3.63) is 44.5 Å². The van der Waals surface area contributed by atoms with Crippen LogP contribution < -0.4 is 5.32 Å². The van der Waals surface area contributed by atoms with Crippen LogP contribution in [-0.2, 0) is 9.53 Å². The molecular formula is C13H9Cl3N2O4. The van der Waals surface area contributed by atoms with E-state index in [-0.39, 0.29) is 26.5 Å². The van der Waals surface area contributed by atoms with Crippen molar-refractivity contribution in [2.24, 2.45) is 0 Å². The number of esters is 1. The molecule has 0 saturated carbocycles. The highest BCUT2D eigenvalue weighted by atomic mass is 35.5. The van der Waals surface area contributed by atoms with Crippen LogP contribution in [0.1, 0.15) is 16.1 Å². The first-order chi connectivity index (χ1) is 10.4. The van der Waals surface area contributed by atoms with Crippen LogP contribution in [0.15, 0.2) is 22.7 Å². The zero-order valence-electron chi connectivity index (χ0n) is 11.2. The highest BCUT2D eigenvalue weighted by Gasteiger charge is 2.20. The van der Waals surface area contributed by atoms with Crippen LogP contribution in [0, 0.1) is 6.92 Å². The number of carbonyl (C=O) groups is 2. The van der Waals surface area contributed by atoms with Gasteiger partial charge in [0.15, 0.2) is 6.61 Å². The van der Waals surface area contributed by atoms with Crippen molar-refractivity contribution in [1.29, 1.82) is 0 Å². The summed E-state index contributed by atoms with van der Waals surface area (Å²) in [6.45, 7) is 1.15. The Balaban J connectivity index is 1.98. The molecule has 22 heavy (non-hydrogen) atoms. The van der Waals surface area contributed by atoms with Crippen LogP contribution >= 0.6 is 34.8 Å². The summed E-state index contributed by atoms with van der Waals surface area (Å²) >= 11 is 17.6. The molecule has 0 atom stereocenters. The van der Waals surface area contributed by atoms with Gasteiger partial charge in [0.25, 0.3) is 5.91 Å². The normalized spacial score (nSPS) is 10.4. The molecule has 0 aliphatic heterocycles.